The highest BCUT2D eigenvalue weighted by Crippen LogP contribution is 2.49. The van der Waals surface area contributed by atoms with Crippen molar-refractivity contribution in [3.63, 3.8) is 0 Å². The number of carbonyl (C=O) groups is 1. The Hall–Kier alpha value is -2.77. The first-order valence-electron chi connectivity index (χ1n) is 7.17. The number of hydrogen-bond acceptors (Lipinski definition) is 5. The molecule has 0 bridgehead atoms. The molecule has 3 aromatic heterocycles. The largest absolute Gasteiger partial charge is 0.469 e. The van der Waals surface area contributed by atoms with Gasteiger partial charge >= 0.3 is 5.97 Å². The Morgan fingerprint density at radius 1 is 1.57 bits per heavy atom. The summed E-state index contributed by atoms with van der Waals surface area (Å²) in [6.45, 7) is 1.97. The van der Waals surface area contributed by atoms with Crippen LogP contribution in [-0.4, -0.2) is 37.9 Å². The Morgan fingerprint density at radius 2 is 2.39 bits per heavy atom. The van der Waals surface area contributed by atoms with E-state index < -0.39 is 17.3 Å². The van der Waals surface area contributed by atoms with Crippen molar-refractivity contribution in [1.82, 2.24) is 24.8 Å². The van der Waals surface area contributed by atoms with Crippen LogP contribution in [-0.2, 0) is 14.9 Å². The Balaban J connectivity index is 2.03. The van der Waals surface area contributed by atoms with E-state index in [9.17, 15) is 9.18 Å². The smallest absolute Gasteiger partial charge is 0.313 e. The molecule has 23 heavy (non-hydrogen) atoms. The molecule has 0 saturated carbocycles. The molecule has 0 aromatic carbocycles. The quantitative estimate of drug-likeness (QED) is 0.725. The third kappa shape index (κ3) is 1.81. The standard InChI is InChI=1S/C15H14FN5O2/c1-15(10-3-4-18-19-10)6-8(14(22)23-2)9-7-17-12-5-11(16)20-21(12)13(9)15/h3-5,7-8H,6H2,1-2H3,(H,18,19). The zero-order chi connectivity index (χ0) is 16.2. The summed E-state index contributed by atoms with van der Waals surface area (Å²) in [5.74, 6) is -1.44. The summed E-state index contributed by atoms with van der Waals surface area (Å²) in [6.07, 6.45) is 3.72. The summed E-state index contributed by atoms with van der Waals surface area (Å²) in [6, 6.07) is 3.11. The normalized spacial score (nSPS) is 23.2. The van der Waals surface area contributed by atoms with Gasteiger partial charge in [0, 0.05) is 29.7 Å². The molecule has 0 saturated heterocycles. The minimum Gasteiger partial charge on any atom is -0.469 e. The molecule has 118 valence electrons. The number of methoxy groups -OCH3 is 1. The third-order valence-corrected chi connectivity index (χ3v) is 4.57. The highest BCUT2D eigenvalue weighted by Gasteiger charge is 2.48. The SMILES string of the molecule is COC(=O)C1CC(C)(c2ccn[nH]2)c2c1cnc1cc(F)nn21. The van der Waals surface area contributed by atoms with Gasteiger partial charge in [0.05, 0.1) is 24.1 Å². The minimum atomic E-state index is -0.612. The number of esters is 1. The number of nitrogens with one attached hydrogen (secondary N) is 1. The maximum Gasteiger partial charge on any atom is 0.313 e. The van der Waals surface area contributed by atoms with E-state index in [-0.39, 0.29) is 5.97 Å². The fourth-order valence-electron chi connectivity index (χ4n) is 3.49. The Bertz CT molecular complexity index is 904. The number of hydrogen-bond donors (Lipinski definition) is 1. The van der Waals surface area contributed by atoms with Crippen molar-refractivity contribution in [3.8, 4) is 0 Å². The number of halogens is 1. The van der Waals surface area contributed by atoms with Crippen LogP contribution in [0.2, 0.25) is 0 Å². The predicted octanol–water partition coefficient (Wildman–Crippen LogP) is 1.56. The van der Waals surface area contributed by atoms with Crippen LogP contribution < -0.4 is 0 Å². The van der Waals surface area contributed by atoms with E-state index in [0.717, 1.165) is 11.4 Å². The van der Waals surface area contributed by atoms with Gasteiger partial charge in [-0.05, 0) is 19.4 Å². The lowest BCUT2D eigenvalue weighted by molar-refractivity contribution is -0.142. The van der Waals surface area contributed by atoms with Gasteiger partial charge in [0.2, 0.25) is 5.95 Å². The van der Waals surface area contributed by atoms with Gasteiger partial charge < -0.3 is 4.74 Å². The number of aromatic nitrogens is 5. The van der Waals surface area contributed by atoms with Crippen LogP contribution in [0.3, 0.4) is 0 Å². The number of ether oxygens (including phenoxy) is 1. The van der Waals surface area contributed by atoms with Crippen LogP contribution in [0.25, 0.3) is 5.65 Å². The average Bonchev–Trinajstić information content (AvgIpc) is 3.23. The van der Waals surface area contributed by atoms with E-state index in [2.05, 4.69) is 20.3 Å². The zero-order valence-corrected chi connectivity index (χ0v) is 12.6. The molecule has 1 aliphatic carbocycles. The van der Waals surface area contributed by atoms with E-state index in [1.807, 2.05) is 13.0 Å². The van der Waals surface area contributed by atoms with E-state index >= 15 is 0 Å². The maximum absolute atomic E-state index is 13.6. The number of carbonyl (C=O) groups excluding carboxylic acids is 1. The summed E-state index contributed by atoms with van der Waals surface area (Å²) < 4.78 is 20.0. The molecule has 1 N–H and O–H groups in total. The van der Waals surface area contributed by atoms with Crippen LogP contribution in [0, 0.1) is 5.95 Å². The zero-order valence-electron chi connectivity index (χ0n) is 12.6. The van der Waals surface area contributed by atoms with E-state index in [1.54, 1.807) is 12.4 Å². The van der Waals surface area contributed by atoms with Gasteiger partial charge in [-0.15, -0.1) is 5.10 Å². The topological polar surface area (TPSA) is 85.2 Å². The van der Waals surface area contributed by atoms with Gasteiger partial charge in [-0.2, -0.15) is 9.49 Å². The first-order chi connectivity index (χ1) is 11.0. The lowest BCUT2D eigenvalue weighted by Crippen LogP contribution is -2.25. The highest BCUT2D eigenvalue weighted by atomic mass is 19.1. The summed E-state index contributed by atoms with van der Waals surface area (Å²) >= 11 is 0. The molecular formula is C15H14FN5O2. The number of fused-ring (bicyclic) bond motifs is 3. The molecule has 0 radical (unpaired) electrons. The fraction of sp³-hybridized carbons (Fsp3) is 0.333. The summed E-state index contributed by atoms with van der Waals surface area (Å²) in [4.78, 5) is 16.4. The molecule has 0 aliphatic heterocycles. The Kier molecular flexibility index (Phi) is 2.78. The number of nitrogens with zero attached hydrogens (tertiary/aromatic N) is 4. The molecule has 2 unspecified atom stereocenters. The first kappa shape index (κ1) is 13.9. The van der Waals surface area contributed by atoms with Crippen molar-refractivity contribution in [2.75, 3.05) is 7.11 Å². The molecule has 8 heteroatoms. The van der Waals surface area contributed by atoms with Crippen LogP contribution in [0.4, 0.5) is 4.39 Å². The average molecular weight is 315 g/mol. The maximum atomic E-state index is 13.6. The van der Waals surface area contributed by atoms with Crippen LogP contribution in [0.15, 0.2) is 24.5 Å². The van der Waals surface area contributed by atoms with Gasteiger partial charge in [0.15, 0.2) is 5.65 Å². The second-order valence-electron chi connectivity index (χ2n) is 5.88. The van der Waals surface area contributed by atoms with Crippen molar-refractivity contribution in [3.05, 3.63) is 47.4 Å². The summed E-state index contributed by atoms with van der Waals surface area (Å²) in [5.41, 5.74) is 2.08. The molecule has 3 heterocycles. The second-order valence-corrected chi connectivity index (χ2v) is 5.88. The number of rotatable bonds is 2. The Morgan fingerprint density at radius 3 is 3.09 bits per heavy atom. The monoisotopic (exact) mass is 315 g/mol. The molecule has 0 spiro atoms. The van der Waals surface area contributed by atoms with E-state index in [1.165, 1.54) is 17.7 Å². The lowest BCUT2D eigenvalue weighted by atomic mass is 9.83. The van der Waals surface area contributed by atoms with Crippen LogP contribution >= 0.6 is 0 Å². The molecule has 1 aliphatic rings. The molecule has 2 atom stereocenters. The molecule has 0 amide bonds. The highest BCUT2D eigenvalue weighted by molar-refractivity contribution is 5.80. The van der Waals surface area contributed by atoms with Crippen molar-refractivity contribution < 1.29 is 13.9 Å². The van der Waals surface area contributed by atoms with Gasteiger partial charge in [0.25, 0.3) is 0 Å². The predicted molar refractivity (Wildman–Crippen MR) is 77.4 cm³/mol. The second kappa shape index (κ2) is 4.61. The van der Waals surface area contributed by atoms with E-state index in [0.29, 0.717) is 17.6 Å². The summed E-state index contributed by atoms with van der Waals surface area (Å²) in [7, 11) is 1.35. The van der Waals surface area contributed by atoms with Crippen LogP contribution in [0.1, 0.15) is 36.2 Å². The van der Waals surface area contributed by atoms with Gasteiger partial charge in [-0.25, -0.2) is 9.50 Å². The number of H-pyrrole nitrogens is 1. The molecular weight excluding hydrogens is 301 g/mol. The molecule has 4 rings (SSSR count). The van der Waals surface area contributed by atoms with Crippen molar-refractivity contribution >= 4 is 11.6 Å². The summed E-state index contributed by atoms with van der Waals surface area (Å²) in [5, 5.41) is 10.9. The van der Waals surface area contributed by atoms with Gasteiger partial charge in [-0.3, -0.25) is 9.89 Å². The fourth-order valence-corrected chi connectivity index (χ4v) is 3.49. The lowest BCUT2D eigenvalue weighted by Gasteiger charge is -2.24. The molecule has 0 fully saturated rings. The van der Waals surface area contributed by atoms with Crippen molar-refractivity contribution in [1.29, 1.82) is 0 Å². The first-order valence-corrected chi connectivity index (χ1v) is 7.17. The van der Waals surface area contributed by atoms with Gasteiger partial charge in [0.1, 0.15) is 0 Å². The third-order valence-electron chi connectivity index (χ3n) is 4.57. The Labute approximate surface area is 130 Å². The van der Waals surface area contributed by atoms with Gasteiger partial charge in [-0.1, -0.05) is 0 Å². The molecule has 3 aromatic rings. The van der Waals surface area contributed by atoms with Crippen molar-refractivity contribution in [2.24, 2.45) is 0 Å². The minimum absolute atomic E-state index is 0.344. The van der Waals surface area contributed by atoms with E-state index in [4.69, 9.17) is 4.74 Å². The number of aromatic amines is 1. The molecule has 7 nitrogen and oxygen atoms in total. The van der Waals surface area contributed by atoms with Crippen molar-refractivity contribution in [2.45, 2.75) is 24.7 Å². The van der Waals surface area contributed by atoms with Crippen LogP contribution in [0.5, 0.6) is 0 Å².